The van der Waals surface area contributed by atoms with Crippen molar-refractivity contribution in [2.45, 2.75) is 13.0 Å². The Morgan fingerprint density at radius 3 is 3.06 bits per heavy atom. The number of ether oxygens (including phenoxy) is 1. The van der Waals surface area contributed by atoms with E-state index in [1.54, 1.807) is 11.8 Å². The number of aryl methyl sites for hydroxylation is 1. The summed E-state index contributed by atoms with van der Waals surface area (Å²) in [6.07, 6.45) is 2.78. The zero-order chi connectivity index (χ0) is 12.5. The Bertz CT molecular complexity index is 348. The van der Waals surface area contributed by atoms with Gasteiger partial charge in [0, 0.05) is 33.5 Å². The Morgan fingerprint density at radius 1 is 1.65 bits per heavy atom. The summed E-state index contributed by atoms with van der Waals surface area (Å²) in [6, 6.07) is 1.92. The maximum atomic E-state index is 5.36. The standard InChI is InChI=1S/C10H20N6O/c1-16-6-4-9(15-16)8-13-10(14-11)12-5-3-7-17-2/h4,6H,3,5,7-8,11H2,1-2H3,(H2,12,13,14). The van der Waals surface area contributed by atoms with Crippen LogP contribution in [0.2, 0.25) is 0 Å². The van der Waals surface area contributed by atoms with Gasteiger partial charge in [-0.3, -0.25) is 10.1 Å². The second kappa shape index (κ2) is 7.64. The summed E-state index contributed by atoms with van der Waals surface area (Å²) < 4.78 is 6.69. The fourth-order valence-electron chi connectivity index (χ4n) is 1.28. The lowest BCUT2D eigenvalue weighted by Crippen LogP contribution is -2.42. The van der Waals surface area contributed by atoms with Gasteiger partial charge in [0.1, 0.15) is 0 Å². The summed E-state index contributed by atoms with van der Waals surface area (Å²) in [7, 11) is 3.55. The molecule has 1 aromatic rings. The highest BCUT2D eigenvalue weighted by atomic mass is 16.5. The van der Waals surface area contributed by atoms with Crippen LogP contribution in [0.4, 0.5) is 0 Å². The predicted molar refractivity (Wildman–Crippen MR) is 66.2 cm³/mol. The van der Waals surface area contributed by atoms with Crippen molar-refractivity contribution < 1.29 is 4.74 Å². The number of aliphatic imine (C=N–C) groups is 1. The largest absolute Gasteiger partial charge is 0.385 e. The first-order valence-electron chi connectivity index (χ1n) is 5.48. The van der Waals surface area contributed by atoms with Crippen molar-refractivity contribution in [3.05, 3.63) is 18.0 Å². The highest BCUT2D eigenvalue weighted by molar-refractivity contribution is 5.79. The number of nitrogens with one attached hydrogen (secondary N) is 2. The molecule has 0 bridgehead atoms. The Hall–Kier alpha value is -1.60. The molecule has 1 heterocycles. The Labute approximate surface area is 101 Å². The minimum Gasteiger partial charge on any atom is -0.385 e. The fraction of sp³-hybridized carbons (Fsp3) is 0.600. The third-order valence-corrected chi connectivity index (χ3v) is 2.12. The predicted octanol–water partition coefficient (Wildman–Crippen LogP) is -0.634. The van der Waals surface area contributed by atoms with E-state index in [9.17, 15) is 0 Å². The van der Waals surface area contributed by atoms with Crippen LogP contribution >= 0.6 is 0 Å². The molecule has 0 aromatic carbocycles. The number of methoxy groups -OCH3 is 1. The first-order valence-corrected chi connectivity index (χ1v) is 5.48. The SMILES string of the molecule is COCCCNC(=NCc1ccn(C)n1)NN. The average Bonchev–Trinajstić information content (AvgIpc) is 2.74. The van der Waals surface area contributed by atoms with Crippen LogP contribution in [0.1, 0.15) is 12.1 Å². The van der Waals surface area contributed by atoms with Crippen LogP contribution in [0.15, 0.2) is 17.3 Å². The Kier molecular flexibility index (Phi) is 6.05. The van der Waals surface area contributed by atoms with Gasteiger partial charge in [-0.15, -0.1) is 0 Å². The molecule has 0 radical (unpaired) electrons. The smallest absolute Gasteiger partial charge is 0.206 e. The zero-order valence-electron chi connectivity index (χ0n) is 10.3. The first-order chi connectivity index (χ1) is 8.26. The summed E-state index contributed by atoms with van der Waals surface area (Å²) in [6.45, 7) is 1.97. The molecule has 7 heteroatoms. The normalized spacial score (nSPS) is 11.6. The van der Waals surface area contributed by atoms with E-state index < -0.39 is 0 Å². The molecule has 0 spiro atoms. The number of hydrazine groups is 1. The van der Waals surface area contributed by atoms with Gasteiger partial charge in [-0.1, -0.05) is 0 Å². The monoisotopic (exact) mass is 240 g/mol. The van der Waals surface area contributed by atoms with Crippen LogP contribution in [-0.2, 0) is 18.3 Å². The highest BCUT2D eigenvalue weighted by Crippen LogP contribution is 1.95. The fourth-order valence-corrected chi connectivity index (χ4v) is 1.28. The van der Waals surface area contributed by atoms with E-state index in [0.29, 0.717) is 19.1 Å². The number of aromatic nitrogens is 2. The van der Waals surface area contributed by atoms with Crippen LogP contribution in [-0.4, -0.2) is 36.0 Å². The summed E-state index contributed by atoms with van der Waals surface area (Å²) in [4.78, 5) is 4.28. The minimum atomic E-state index is 0.498. The molecular formula is C10H20N6O. The van der Waals surface area contributed by atoms with Gasteiger partial charge in [0.15, 0.2) is 0 Å². The molecule has 0 amide bonds. The van der Waals surface area contributed by atoms with Gasteiger partial charge in [-0.25, -0.2) is 10.8 Å². The molecule has 0 aliphatic rings. The van der Waals surface area contributed by atoms with E-state index in [2.05, 4.69) is 20.8 Å². The molecule has 0 fully saturated rings. The minimum absolute atomic E-state index is 0.498. The van der Waals surface area contributed by atoms with E-state index in [0.717, 1.165) is 18.7 Å². The summed E-state index contributed by atoms with van der Waals surface area (Å²) >= 11 is 0. The van der Waals surface area contributed by atoms with Crippen molar-refractivity contribution in [3.8, 4) is 0 Å². The molecule has 0 saturated heterocycles. The average molecular weight is 240 g/mol. The molecule has 0 aliphatic carbocycles. The lowest BCUT2D eigenvalue weighted by molar-refractivity contribution is 0.195. The van der Waals surface area contributed by atoms with Crippen LogP contribution in [0.25, 0.3) is 0 Å². The van der Waals surface area contributed by atoms with E-state index >= 15 is 0 Å². The van der Waals surface area contributed by atoms with Crippen LogP contribution < -0.4 is 16.6 Å². The molecule has 17 heavy (non-hydrogen) atoms. The quantitative estimate of drug-likeness (QED) is 0.202. The van der Waals surface area contributed by atoms with Gasteiger partial charge in [-0.2, -0.15) is 5.10 Å². The van der Waals surface area contributed by atoms with Crippen LogP contribution in [0.5, 0.6) is 0 Å². The maximum Gasteiger partial charge on any atom is 0.206 e. The molecule has 0 unspecified atom stereocenters. The molecule has 0 saturated carbocycles. The number of nitrogens with two attached hydrogens (primary N) is 1. The third-order valence-electron chi connectivity index (χ3n) is 2.12. The van der Waals surface area contributed by atoms with Gasteiger partial charge in [0.2, 0.25) is 5.96 Å². The topological polar surface area (TPSA) is 89.5 Å². The van der Waals surface area contributed by atoms with Crippen molar-refractivity contribution in [2.75, 3.05) is 20.3 Å². The second-order valence-corrected chi connectivity index (χ2v) is 3.56. The number of guanidine groups is 1. The molecule has 4 N–H and O–H groups in total. The number of hydrogen-bond acceptors (Lipinski definition) is 4. The number of nitrogens with zero attached hydrogens (tertiary/aromatic N) is 3. The lowest BCUT2D eigenvalue weighted by atomic mass is 10.4. The van der Waals surface area contributed by atoms with Crippen LogP contribution in [0, 0.1) is 0 Å². The first kappa shape index (κ1) is 13.5. The van der Waals surface area contributed by atoms with E-state index in [1.807, 2.05) is 19.3 Å². The molecule has 1 rings (SSSR count). The van der Waals surface area contributed by atoms with Crippen molar-refractivity contribution in [1.82, 2.24) is 20.5 Å². The lowest BCUT2D eigenvalue weighted by Gasteiger charge is -2.08. The molecule has 1 aromatic heterocycles. The van der Waals surface area contributed by atoms with Crippen molar-refractivity contribution in [1.29, 1.82) is 0 Å². The van der Waals surface area contributed by atoms with E-state index in [-0.39, 0.29) is 0 Å². The highest BCUT2D eigenvalue weighted by Gasteiger charge is 1.98. The number of hydrogen-bond donors (Lipinski definition) is 3. The third kappa shape index (κ3) is 5.32. The van der Waals surface area contributed by atoms with Gasteiger partial charge in [0.25, 0.3) is 0 Å². The second-order valence-electron chi connectivity index (χ2n) is 3.56. The summed E-state index contributed by atoms with van der Waals surface area (Å²) in [5.41, 5.74) is 3.42. The van der Waals surface area contributed by atoms with Gasteiger partial charge >= 0.3 is 0 Å². The molecule has 0 atom stereocenters. The number of rotatable bonds is 6. The molecule has 7 nitrogen and oxygen atoms in total. The van der Waals surface area contributed by atoms with E-state index in [4.69, 9.17) is 10.6 Å². The van der Waals surface area contributed by atoms with E-state index in [1.165, 1.54) is 0 Å². The van der Waals surface area contributed by atoms with Crippen molar-refractivity contribution in [2.24, 2.45) is 17.9 Å². The van der Waals surface area contributed by atoms with Crippen molar-refractivity contribution >= 4 is 5.96 Å². The molecule has 0 aliphatic heterocycles. The van der Waals surface area contributed by atoms with Gasteiger partial charge < -0.3 is 10.1 Å². The van der Waals surface area contributed by atoms with Crippen molar-refractivity contribution in [3.63, 3.8) is 0 Å². The van der Waals surface area contributed by atoms with Gasteiger partial charge in [-0.05, 0) is 12.5 Å². The summed E-state index contributed by atoms with van der Waals surface area (Å²) in [5.74, 6) is 5.92. The molecule has 96 valence electrons. The zero-order valence-corrected chi connectivity index (χ0v) is 10.3. The van der Waals surface area contributed by atoms with Gasteiger partial charge in [0.05, 0.1) is 12.2 Å². The Morgan fingerprint density at radius 2 is 2.47 bits per heavy atom. The maximum absolute atomic E-state index is 5.36. The molecular weight excluding hydrogens is 220 g/mol. The summed E-state index contributed by atoms with van der Waals surface area (Å²) in [5, 5.41) is 7.30. The Balaban J connectivity index is 2.33. The van der Waals surface area contributed by atoms with Crippen LogP contribution in [0.3, 0.4) is 0 Å².